The molecule has 0 heterocycles. The van der Waals surface area contributed by atoms with E-state index in [0.29, 0.717) is 0 Å². The first-order valence-corrected chi connectivity index (χ1v) is 5.09. The van der Waals surface area contributed by atoms with Crippen LogP contribution in [0.2, 0.25) is 0 Å². The Labute approximate surface area is 86.8 Å². The molecule has 0 bridgehead atoms. The van der Waals surface area contributed by atoms with Gasteiger partial charge < -0.3 is 4.74 Å². The summed E-state index contributed by atoms with van der Waals surface area (Å²) < 4.78 is 5.15. The van der Waals surface area contributed by atoms with Crippen molar-refractivity contribution in [1.29, 1.82) is 0 Å². The van der Waals surface area contributed by atoms with Crippen LogP contribution in [-0.4, -0.2) is 26.1 Å². The largest absolute Gasteiger partial charge is 0.382 e. The second-order valence-electron chi connectivity index (χ2n) is 2.55. The van der Waals surface area contributed by atoms with E-state index in [1.807, 2.05) is 13.0 Å². The molecule has 0 unspecified atom stereocenters. The molecule has 0 N–H and O–H groups in total. The zero-order chi connectivity index (χ0) is 11.1. The number of ether oxygens (including phenoxy) is 1. The van der Waals surface area contributed by atoms with Gasteiger partial charge in [-0.2, -0.15) is 0 Å². The molecule has 14 heavy (non-hydrogen) atoms. The van der Waals surface area contributed by atoms with E-state index in [1.54, 1.807) is 13.0 Å². The predicted molar refractivity (Wildman–Crippen MR) is 56.8 cm³/mol. The summed E-state index contributed by atoms with van der Waals surface area (Å²) in [5.74, 6) is 0. The fourth-order valence-electron chi connectivity index (χ4n) is 0.762. The molecule has 83 valence electrons. The van der Waals surface area contributed by atoms with Gasteiger partial charge in [0.05, 0.1) is 6.61 Å². The molecule has 0 amide bonds. The standard InChI is InChI=1S/C9H16O2.C2H5O/c1-2-11-9-7-5-3-4-6-8-10;1-2-3/h4,6,8H,2-3,5,7,9H2,1H3;2H2,1H3. The van der Waals surface area contributed by atoms with Crippen molar-refractivity contribution in [3.8, 4) is 0 Å². The Bertz CT molecular complexity index is 122. The number of aldehydes is 1. The van der Waals surface area contributed by atoms with Crippen LogP contribution in [0.25, 0.3) is 0 Å². The molecule has 0 atom stereocenters. The van der Waals surface area contributed by atoms with Crippen LogP contribution >= 0.6 is 0 Å². The van der Waals surface area contributed by atoms with Crippen molar-refractivity contribution < 1.29 is 14.6 Å². The molecule has 0 saturated carbocycles. The molecule has 0 aromatic rings. The van der Waals surface area contributed by atoms with Crippen LogP contribution in [0.4, 0.5) is 0 Å². The maximum atomic E-state index is 9.83. The molecule has 0 aliphatic rings. The third-order valence-corrected chi connectivity index (χ3v) is 1.33. The summed E-state index contributed by atoms with van der Waals surface area (Å²) in [7, 11) is 0. The van der Waals surface area contributed by atoms with Crippen molar-refractivity contribution in [2.75, 3.05) is 19.8 Å². The molecule has 0 saturated heterocycles. The number of hydrogen-bond acceptors (Lipinski definition) is 2. The summed E-state index contributed by atoms with van der Waals surface area (Å²) >= 11 is 0. The molecule has 0 rings (SSSR count). The lowest BCUT2D eigenvalue weighted by Crippen LogP contribution is -1.92. The summed E-state index contributed by atoms with van der Waals surface area (Å²) in [5, 5.41) is 8.93. The van der Waals surface area contributed by atoms with Crippen LogP contribution in [0.15, 0.2) is 12.2 Å². The van der Waals surface area contributed by atoms with E-state index in [4.69, 9.17) is 9.84 Å². The van der Waals surface area contributed by atoms with Crippen molar-refractivity contribution in [3.63, 3.8) is 0 Å². The zero-order valence-electron chi connectivity index (χ0n) is 9.20. The fraction of sp³-hybridized carbons (Fsp3) is 0.727. The highest BCUT2D eigenvalue weighted by atomic mass is 16.5. The van der Waals surface area contributed by atoms with Crippen molar-refractivity contribution in [2.45, 2.75) is 33.1 Å². The molecule has 0 fully saturated rings. The Morgan fingerprint density at radius 2 is 1.86 bits per heavy atom. The molecular formula is C11H21O3. The molecule has 0 aromatic carbocycles. The van der Waals surface area contributed by atoms with E-state index in [9.17, 15) is 4.79 Å². The van der Waals surface area contributed by atoms with Gasteiger partial charge in [-0.1, -0.05) is 6.08 Å². The average molecular weight is 201 g/mol. The lowest BCUT2D eigenvalue weighted by Gasteiger charge is -1.97. The number of rotatable bonds is 7. The van der Waals surface area contributed by atoms with Crippen molar-refractivity contribution in [2.24, 2.45) is 0 Å². The number of allylic oxidation sites excluding steroid dienone is 2. The Hall–Kier alpha value is -0.670. The highest BCUT2D eigenvalue weighted by Gasteiger charge is 1.84. The minimum absolute atomic E-state index is 0. The summed E-state index contributed by atoms with van der Waals surface area (Å²) in [6.45, 7) is 5.20. The number of carbonyl (C=O) groups excluding carboxylic acids is 1. The van der Waals surface area contributed by atoms with E-state index in [-0.39, 0.29) is 6.61 Å². The highest BCUT2D eigenvalue weighted by Crippen LogP contribution is 1.96. The number of carbonyl (C=O) groups is 1. The van der Waals surface area contributed by atoms with E-state index >= 15 is 0 Å². The first kappa shape index (κ1) is 15.8. The van der Waals surface area contributed by atoms with Gasteiger partial charge in [-0.05, 0) is 39.2 Å². The smallest absolute Gasteiger partial charge is 0.142 e. The zero-order valence-corrected chi connectivity index (χ0v) is 9.20. The molecule has 3 nitrogen and oxygen atoms in total. The molecule has 3 heteroatoms. The van der Waals surface area contributed by atoms with E-state index < -0.39 is 0 Å². The van der Waals surface area contributed by atoms with Crippen molar-refractivity contribution in [1.82, 2.24) is 0 Å². The first-order valence-electron chi connectivity index (χ1n) is 5.09. The Morgan fingerprint density at radius 3 is 2.36 bits per heavy atom. The van der Waals surface area contributed by atoms with Gasteiger partial charge in [0.2, 0.25) is 0 Å². The highest BCUT2D eigenvalue weighted by molar-refractivity contribution is 5.64. The van der Waals surface area contributed by atoms with Crippen LogP contribution in [-0.2, 0) is 14.6 Å². The van der Waals surface area contributed by atoms with Gasteiger partial charge in [0, 0.05) is 13.2 Å². The minimum Gasteiger partial charge on any atom is -0.382 e. The monoisotopic (exact) mass is 201 g/mol. The summed E-state index contributed by atoms with van der Waals surface area (Å²) in [6, 6.07) is 0. The average Bonchev–Trinajstić information content (AvgIpc) is 2.18. The maximum absolute atomic E-state index is 9.83. The lowest BCUT2D eigenvalue weighted by molar-refractivity contribution is -0.104. The number of hydrogen-bond donors (Lipinski definition) is 0. The van der Waals surface area contributed by atoms with Gasteiger partial charge in [0.1, 0.15) is 6.29 Å². The van der Waals surface area contributed by atoms with Crippen molar-refractivity contribution >= 4 is 6.29 Å². The Morgan fingerprint density at radius 1 is 1.21 bits per heavy atom. The molecule has 0 aromatic heterocycles. The van der Waals surface area contributed by atoms with Crippen molar-refractivity contribution in [3.05, 3.63) is 12.2 Å². The second kappa shape index (κ2) is 18.2. The predicted octanol–water partition coefficient (Wildman–Crippen LogP) is 2.39. The maximum Gasteiger partial charge on any atom is 0.142 e. The van der Waals surface area contributed by atoms with Gasteiger partial charge in [-0.15, -0.1) is 0 Å². The van der Waals surface area contributed by atoms with E-state index in [2.05, 4.69) is 0 Å². The van der Waals surface area contributed by atoms with Crippen LogP contribution in [0.1, 0.15) is 33.1 Å². The number of unbranched alkanes of at least 4 members (excludes halogenated alkanes) is 2. The minimum atomic E-state index is 0. The fourth-order valence-corrected chi connectivity index (χ4v) is 0.762. The molecule has 0 aliphatic heterocycles. The molecular weight excluding hydrogens is 180 g/mol. The van der Waals surface area contributed by atoms with Crippen LogP contribution in [0.3, 0.4) is 0 Å². The second-order valence-corrected chi connectivity index (χ2v) is 2.55. The molecule has 0 aliphatic carbocycles. The van der Waals surface area contributed by atoms with E-state index in [1.165, 1.54) is 0 Å². The summed E-state index contributed by atoms with van der Waals surface area (Å²) in [6.07, 6.45) is 7.40. The van der Waals surface area contributed by atoms with Crippen LogP contribution in [0.5, 0.6) is 0 Å². The third kappa shape index (κ3) is 22.5. The quantitative estimate of drug-likeness (QED) is 0.360. The summed E-state index contributed by atoms with van der Waals surface area (Å²) in [5.41, 5.74) is 0. The van der Waals surface area contributed by atoms with E-state index in [0.717, 1.165) is 38.8 Å². The Balaban J connectivity index is 0. The lowest BCUT2D eigenvalue weighted by atomic mass is 10.2. The van der Waals surface area contributed by atoms with Gasteiger partial charge >= 0.3 is 0 Å². The molecule has 0 spiro atoms. The third-order valence-electron chi connectivity index (χ3n) is 1.33. The van der Waals surface area contributed by atoms with Gasteiger partial charge in [-0.25, -0.2) is 5.11 Å². The topological polar surface area (TPSA) is 46.2 Å². The van der Waals surface area contributed by atoms with Gasteiger partial charge in [0.25, 0.3) is 0 Å². The summed E-state index contributed by atoms with van der Waals surface area (Å²) in [4.78, 5) is 9.83. The van der Waals surface area contributed by atoms with Gasteiger partial charge in [0.15, 0.2) is 0 Å². The molecule has 1 radical (unpaired) electrons. The van der Waals surface area contributed by atoms with Crippen LogP contribution in [0, 0.1) is 0 Å². The van der Waals surface area contributed by atoms with Gasteiger partial charge in [-0.3, -0.25) is 4.79 Å². The SMILES string of the molecule is CCOCCCCC=CC=O.CC[O]. The Kier molecular flexibility index (Phi) is 20.5. The normalized spacial score (nSPS) is 9.64. The first-order chi connectivity index (χ1) is 6.83. The van der Waals surface area contributed by atoms with Crippen LogP contribution < -0.4 is 0 Å².